The molecule has 0 bridgehead atoms. The van der Waals surface area contributed by atoms with E-state index < -0.39 is 0 Å². The average Bonchev–Trinajstić information content (AvgIpc) is 2.78. The highest BCUT2D eigenvalue weighted by molar-refractivity contribution is 5.93. The quantitative estimate of drug-likeness (QED) is 0.582. The van der Waals surface area contributed by atoms with Gasteiger partial charge in [0.2, 0.25) is 0 Å². The molecule has 0 aliphatic rings. The Hall–Kier alpha value is -3.54. The molecule has 2 N–H and O–H groups in total. The van der Waals surface area contributed by atoms with Crippen LogP contribution in [0.3, 0.4) is 0 Å². The Morgan fingerprint density at radius 2 is 1.72 bits per heavy atom. The highest BCUT2D eigenvalue weighted by Crippen LogP contribution is 2.27. The summed E-state index contributed by atoms with van der Waals surface area (Å²) in [7, 11) is 3.25. The summed E-state index contributed by atoms with van der Waals surface area (Å²) in [5, 5.41) is 6.23. The zero-order chi connectivity index (χ0) is 20.5. The van der Waals surface area contributed by atoms with Crippen molar-refractivity contribution < 1.29 is 14.3 Å². The molecule has 0 atom stereocenters. The number of methoxy groups -OCH3 is 2. The molecule has 0 saturated heterocycles. The van der Waals surface area contributed by atoms with E-state index in [0.717, 1.165) is 23.2 Å². The first kappa shape index (κ1) is 20.2. The number of aromatic nitrogens is 1. The molecule has 0 fully saturated rings. The van der Waals surface area contributed by atoms with Gasteiger partial charge < -0.3 is 20.1 Å². The van der Waals surface area contributed by atoms with Crippen LogP contribution in [-0.4, -0.2) is 31.7 Å². The van der Waals surface area contributed by atoms with Gasteiger partial charge in [-0.3, -0.25) is 9.78 Å². The van der Waals surface area contributed by atoms with Gasteiger partial charge in [0.1, 0.15) is 5.69 Å². The predicted molar refractivity (Wildman–Crippen MR) is 114 cm³/mol. The molecule has 0 saturated carbocycles. The summed E-state index contributed by atoms with van der Waals surface area (Å²) in [6.07, 6.45) is 2.44. The number of nitrogens with zero attached hydrogens (tertiary/aromatic N) is 1. The molecule has 0 aliphatic heterocycles. The van der Waals surface area contributed by atoms with Gasteiger partial charge in [-0.05, 0) is 41.8 Å². The van der Waals surface area contributed by atoms with Crippen molar-refractivity contribution in [1.82, 2.24) is 10.3 Å². The van der Waals surface area contributed by atoms with Crippen LogP contribution < -0.4 is 20.1 Å². The lowest BCUT2D eigenvalue weighted by Gasteiger charge is -2.11. The number of pyridine rings is 1. The van der Waals surface area contributed by atoms with E-state index in [1.54, 1.807) is 26.5 Å². The smallest absolute Gasteiger partial charge is 0.270 e. The third-order valence-corrected chi connectivity index (χ3v) is 4.48. The molecule has 1 amide bonds. The number of amides is 1. The number of benzene rings is 2. The number of ether oxygens (including phenoxy) is 2. The zero-order valence-electron chi connectivity index (χ0n) is 16.6. The fourth-order valence-corrected chi connectivity index (χ4v) is 2.92. The topological polar surface area (TPSA) is 72.5 Å². The first-order valence-electron chi connectivity index (χ1n) is 9.42. The maximum Gasteiger partial charge on any atom is 0.270 e. The van der Waals surface area contributed by atoms with Crippen molar-refractivity contribution >= 4 is 11.6 Å². The fourth-order valence-electron chi connectivity index (χ4n) is 2.92. The van der Waals surface area contributed by atoms with Gasteiger partial charge in [0.25, 0.3) is 5.91 Å². The van der Waals surface area contributed by atoms with Gasteiger partial charge in [0.05, 0.1) is 14.2 Å². The minimum Gasteiger partial charge on any atom is -0.493 e. The first-order chi connectivity index (χ1) is 14.2. The SMILES string of the molecule is COc1ccc(CCNc2ccnc(C(=O)NCc3ccccc3)c2)cc1OC. The Morgan fingerprint density at radius 1 is 0.931 bits per heavy atom. The van der Waals surface area contributed by atoms with Crippen molar-refractivity contribution in [2.45, 2.75) is 13.0 Å². The second-order valence-electron chi connectivity index (χ2n) is 6.46. The molecule has 0 radical (unpaired) electrons. The highest BCUT2D eigenvalue weighted by Gasteiger charge is 2.08. The summed E-state index contributed by atoms with van der Waals surface area (Å²) in [6.45, 7) is 1.18. The van der Waals surface area contributed by atoms with E-state index in [-0.39, 0.29) is 5.91 Å². The van der Waals surface area contributed by atoms with Crippen molar-refractivity contribution in [3.63, 3.8) is 0 Å². The molecule has 29 heavy (non-hydrogen) atoms. The predicted octanol–water partition coefficient (Wildman–Crippen LogP) is 3.68. The van der Waals surface area contributed by atoms with Gasteiger partial charge in [-0.15, -0.1) is 0 Å². The summed E-state index contributed by atoms with van der Waals surface area (Å²) < 4.78 is 10.6. The van der Waals surface area contributed by atoms with Gasteiger partial charge in [0, 0.05) is 25.0 Å². The number of hydrogen-bond donors (Lipinski definition) is 2. The van der Waals surface area contributed by atoms with E-state index in [4.69, 9.17) is 9.47 Å². The van der Waals surface area contributed by atoms with Crippen LogP contribution in [0.1, 0.15) is 21.6 Å². The summed E-state index contributed by atoms with van der Waals surface area (Å²) in [5.41, 5.74) is 3.41. The van der Waals surface area contributed by atoms with Crippen molar-refractivity contribution in [3.05, 3.63) is 83.7 Å². The van der Waals surface area contributed by atoms with Crippen LogP contribution in [0.15, 0.2) is 66.9 Å². The third kappa shape index (κ3) is 5.72. The molecule has 2 aromatic carbocycles. The number of rotatable bonds is 9. The summed E-state index contributed by atoms with van der Waals surface area (Å²) in [5.74, 6) is 1.23. The van der Waals surface area contributed by atoms with E-state index in [1.807, 2.05) is 54.6 Å². The molecular formula is C23H25N3O3. The number of carbonyl (C=O) groups is 1. The molecule has 0 spiro atoms. The van der Waals surface area contributed by atoms with Crippen LogP contribution in [0.5, 0.6) is 11.5 Å². The zero-order valence-corrected chi connectivity index (χ0v) is 16.6. The van der Waals surface area contributed by atoms with Crippen LogP contribution in [0.4, 0.5) is 5.69 Å². The van der Waals surface area contributed by atoms with E-state index in [1.165, 1.54) is 0 Å². The lowest BCUT2D eigenvalue weighted by atomic mass is 10.1. The number of carbonyl (C=O) groups excluding carboxylic acids is 1. The molecule has 3 rings (SSSR count). The minimum atomic E-state index is -0.197. The number of nitrogens with one attached hydrogen (secondary N) is 2. The highest BCUT2D eigenvalue weighted by atomic mass is 16.5. The molecule has 150 valence electrons. The first-order valence-corrected chi connectivity index (χ1v) is 9.42. The summed E-state index contributed by atoms with van der Waals surface area (Å²) in [6, 6.07) is 19.3. The van der Waals surface area contributed by atoms with Crippen LogP contribution in [0.2, 0.25) is 0 Å². The Morgan fingerprint density at radius 3 is 2.48 bits per heavy atom. The molecule has 1 heterocycles. The fraction of sp³-hybridized carbons (Fsp3) is 0.217. The van der Waals surface area contributed by atoms with Crippen LogP contribution >= 0.6 is 0 Å². The normalized spacial score (nSPS) is 10.3. The third-order valence-electron chi connectivity index (χ3n) is 4.48. The van der Waals surface area contributed by atoms with Crippen molar-refractivity contribution in [2.24, 2.45) is 0 Å². The van der Waals surface area contributed by atoms with Crippen molar-refractivity contribution in [1.29, 1.82) is 0 Å². The van der Waals surface area contributed by atoms with E-state index in [2.05, 4.69) is 15.6 Å². The Bertz CT molecular complexity index is 945. The molecular weight excluding hydrogens is 366 g/mol. The van der Waals surface area contributed by atoms with Crippen LogP contribution in [-0.2, 0) is 13.0 Å². The van der Waals surface area contributed by atoms with Crippen molar-refractivity contribution in [2.75, 3.05) is 26.1 Å². The van der Waals surface area contributed by atoms with E-state index in [9.17, 15) is 4.79 Å². The lowest BCUT2D eigenvalue weighted by molar-refractivity contribution is 0.0946. The van der Waals surface area contributed by atoms with Crippen LogP contribution in [0, 0.1) is 0 Å². The number of anilines is 1. The second kappa shape index (κ2) is 10.1. The number of hydrogen-bond acceptors (Lipinski definition) is 5. The van der Waals surface area contributed by atoms with Gasteiger partial charge in [0.15, 0.2) is 11.5 Å². The average molecular weight is 391 g/mol. The molecule has 6 nitrogen and oxygen atoms in total. The van der Waals surface area contributed by atoms with E-state index >= 15 is 0 Å². The monoisotopic (exact) mass is 391 g/mol. The summed E-state index contributed by atoms with van der Waals surface area (Å²) >= 11 is 0. The van der Waals surface area contributed by atoms with E-state index in [0.29, 0.717) is 30.3 Å². The Labute approximate surface area is 170 Å². The Balaban J connectivity index is 1.54. The largest absolute Gasteiger partial charge is 0.493 e. The van der Waals surface area contributed by atoms with Crippen LogP contribution in [0.25, 0.3) is 0 Å². The minimum absolute atomic E-state index is 0.197. The Kier molecular flexibility index (Phi) is 7.05. The van der Waals surface area contributed by atoms with Gasteiger partial charge in [-0.2, -0.15) is 0 Å². The standard InChI is InChI=1S/C23H25N3O3/c1-28-21-9-8-17(14-22(21)29-2)10-12-24-19-11-13-25-20(15-19)23(27)26-16-18-6-4-3-5-7-18/h3-9,11,13-15H,10,12,16H2,1-2H3,(H,24,25)(H,26,27). The molecule has 0 unspecified atom stereocenters. The molecule has 0 aliphatic carbocycles. The van der Waals surface area contributed by atoms with Gasteiger partial charge >= 0.3 is 0 Å². The summed E-state index contributed by atoms with van der Waals surface area (Å²) in [4.78, 5) is 16.5. The second-order valence-corrected chi connectivity index (χ2v) is 6.46. The van der Waals surface area contributed by atoms with Gasteiger partial charge in [-0.25, -0.2) is 0 Å². The maximum atomic E-state index is 12.4. The van der Waals surface area contributed by atoms with Gasteiger partial charge in [-0.1, -0.05) is 36.4 Å². The van der Waals surface area contributed by atoms with Crippen molar-refractivity contribution in [3.8, 4) is 11.5 Å². The molecule has 3 aromatic rings. The lowest BCUT2D eigenvalue weighted by Crippen LogP contribution is -2.23. The molecule has 1 aromatic heterocycles. The maximum absolute atomic E-state index is 12.4. The molecule has 6 heteroatoms.